The molecule has 0 amide bonds. The molecule has 21 heavy (non-hydrogen) atoms. The van der Waals surface area contributed by atoms with Crippen molar-refractivity contribution in [2.24, 2.45) is 0 Å². The van der Waals surface area contributed by atoms with Crippen LogP contribution in [0.1, 0.15) is 12.8 Å². The molecule has 6 heteroatoms. The Morgan fingerprint density at radius 3 is 2.67 bits per heavy atom. The maximum atomic E-state index is 14.0. The molecule has 0 spiro atoms. The summed E-state index contributed by atoms with van der Waals surface area (Å²) in [6.45, 7) is 1.39. The highest BCUT2D eigenvalue weighted by atomic mass is 79.9. The first-order chi connectivity index (χ1) is 10.1. The van der Waals surface area contributed by atoms with E-state index in [4.69, 9.17) is 0 Å². The molecule has 0 atom stereocenters. The Kier molecular flexibility index (Phi) is 4.05. The standard InChI is InChI=1S/C15H14BrF2N3/c16-11-8-12-14(18)10-20(15(12)13(17)9-11)5-1-2-6-21-7-3-4-19-21/h3-4,7-10H,1-2,5-6H2. The van der Waals surface area contributed by atoms with E-state index in [0.29, 0.717) is 21.9 Å². The Hall–Kier alpha value is -1.69. The number of hydrogen-bond donors (Lipinski definition) is 0. The zero-order chi connectivity index (χ0) is 14.8. The molecule has 0 radical (unpaired) electrons. The summed E-state index contributed by atoms with van der Waals surface area (Å²) in [5.74, 6) is -0.798. The van der Waals surface area contributed by atoms with Crippen molar-refractivity contribution >= 4 is 26.8 Å². The van der Waals surface area contributed by atoms with E-state index in [1.54, 1.807) is 16.8 Å². The molecule has 0 unspecified atom stereocenters. The van der Waals surface area contributed by atoms with E-state index in [-0.39, 0.29) is 0 Å². The molecule has 2 aromatic heterocycles. The van der Waals surface area contributed by atoms with Crippen LogP contribution in [0.25, 0.3) is 10.9 Å². The molecule has 3 nitrogen and oxygen atoms in total. The van der Waals surface area contributed by atoms with Gasteiger partial charge in [0.2, 0.25) is 0 Å². The lowest BCUT2D eigenvalue weighted by atomic mass is 10.2. The Labute approximate surface area is 129 Å². The van der Waals surface area contributed by atoms with E-state index >= 15 is 0 Å². The molecule has 110 valence electrons. The van der Waals surface area contributed by atoms with E-state index in [2.05, 4.69) is 21.0 Å². The topological polar surface area (TPSA) is 22.8 Å². The van der Waals surface area contributed by atoms with Gasteiger partial charge in [-0.1, -0.05) is 15.9 Å². The van der Waals surface area contributed by atoms with Gasteiger partial charge in [-0.3, -0.25) is 4.68 Å². The van der Waals surface area contributed by atoms with Crippen molar-refractivity contribution in [3.63, 3.8) is 0 Å². The Balaban J connectivity index is 1.72. The number of unbranched alkanes of at least 4 members (excludes halogenated alkanes) is 1. The lowest BCUT2D eigenvalue weighted by molar-refractivity contribution is 0.521. The highest BCUT2D eigenvalue weighted by Crippen LogP contribution is 2.27. The third-order valence-corrected chi connectivity index (χ3v) is 3.90. The van der Waals surface area contributed by atoms with Gasteiger partial charge < -0.3 is 4.57 Å². The largest absolute Gasteiger partial charge is 0.342 e. The summed E-state index contributed by atoms with van der Waals surface area (Å²) in [5.41, 5.74) is 0.329. The summed E-state index contributed by atoms with van der Waals surface area (Å²) in [5, 5.41) is 4.44. The molecule has 3 rings (SSSR count). The monoisotopic (exact) mass is 353 g/mol. The first-order valence-electron chi connectivity index (χ1n) is 6.76. The van der Waals surface area contributed by atoms with Gasteiger partial charge in [-0.25, -0.2) is 8.78 Å². The van der Waals surface area contributed by atoms with E-state index in [0.717, 1.165) is 19.4 Å². The number of hydrogen-bond acceptors (Lipinski definition) is 1. The lowest BCUT2D eigenvalue weighted by Gasteiger charge is -2.06. The smallest absolute Gasteiger partial charge is 0.148 e. The van der Waals surface area contributed by atoms with Crippen LogP contribution in [0.15, 0.2) is 41.3 Å². The van der Waals surface area contributed by atoms with E-state index in [1.165, 1.54) is 12.3 Å². The van der Waals surface area contributed by atoms with Crippen LogP contribution in [0.4, 0.5) is 8.78 Å². The SMILES string of the molecule is Fc1cn(CCCCn2cccn2)c2c(F)cc(Br)cc12. The molecule has 0 bridgehead atoms. The summed E-state index contributed by atoms with van der Waals surface area (Å²) in [4.78, 5) is 0. The van der Waals surface area contributed by atoms with E-state index < -0.39 is 11.6 Å². The van der Waals surface area contributed by atoms with Crippen LogP contribution in [0, 0.1) is 11.6 Å². The van der Waals surface area contributed by atoms with Crippen LogP contribution < -0.4 is 0 Å². The summed E-state index contributed by atoms with van der Waals surface area (Å²) in [7, 11) is 0. The van der Waals surface area contributed by atoms with Gasteiger partial charge in [-0.05, 0) is 31.0 Å². The average molecular weight is 354 g/mol. The van der Waals surface area contributed by atoms with Crippen molar-refractivity contribution in [2.75, 3.05) is 0 Å². The molecule has 2 heterocycles. The van der Waals surface area contributed by atoms with Crippen LogP contribution in [0.3, 0.4) is 0 Å². The molecule has 1 aromatic carbocycles. The van der Waals surface area contributed by atoms with E-state index in [1.807, 2.05) is 16.9 Å². The van der Waals surface area contributed by atoms with Crippen LogP contribution in [-0.4, -0.2) is 14.3 Å². The maximum absolute atomic E-state index is 14.0. The van der Waals surface area contributed by atoms with Gasteiger partial charge in [-0.15, -0.1) is 0 Å². The van der Waals surface area contributed by atoms with Gasteiger partial charge in [0.1, 0.15) is 11.6 Å². The summed E-state index contributed by atoms with van der Waals surface area (Å²) < 4.78 is 31.9. The molecule has 0 saturated carbocycles. The second-order valence-electron chi connectivity index (χ2n) is 4.93. The van der Waals surface area contributed by atoms with Gasteiger partial charge >= 0.3 is 0 Å². The van der Waals surface area contributed by atoms with Crippen molar-refractivity contribution in [1.82, 2.24) is 14.3 Å². The van der Waals surface area contributed by atoms with Crippen molar-refractivity contribution in [3.8, 4) is 0 Å². The Morgan fingerprint density at radius 2 is 1.90 bits per heavy atom. The highest BCUT2D eigenvalue weighted by Gasteiger charge is 2.13. The minimum Gasteiger partial charge on any atom is -0.342 e. The number of rotatable bonds is 5. The van der Waals surface area contributed by atoms with Crippen LogP contribution >= 0.6 is 15.9 Å². The fourth-order valence-corrected chi connectivity index (χ4v) is 2.91. The van der Waals surface area contributed by atoms with Crippen LogP contribution in [0.5, 0.6) is 0 Å². The highest BCUT2D eigenvalue weighted by molar-refractivity contribution is 9.10. The summed E-state index contributed by atoms with van der Waals surface area (Å²) in [6.07, 6.45) is 6.75. The number of fused-ring (bicyclic) bond motifs is 1. The molecule has 3 aromatic rings. The van der Waals surface area contributed by atoms with Gasteiger partial charge in [0.25, 0.3) is 0 Å². The number of aryl methyl sites for hydroxylation is 2. The third-order valence-electron chi connectivity index (χ3n) is 3.44. The maximum Gasteiger partial charge on any atom is 0.148 e. The number of aromatic nitrogens is 3. The molecular formula is C15H14BrF2N3. The fourth-order valence-electron chi connectivity index (χ4n) is 2.48. The third kappa shape index (κ3) is 3.00. The summed E-state index contributed by atoms with van der Waals surface area (Å²) >= 11 is 3.19. The minimum absolute atomic E-state index is 0.314. The Bertz CT molecular complexity index is 750. The second kappa shape index (κ2) is 5.97. The minimum atomic E-state index is -0.407. The van der Waals surface area contributed by atoms with Crippen LogP contribution in [-0.2, 0) is 13.1 Å². The van der Waals surface area contributed by atoms with Gasteiger partial charge in [0, 0.05) is 41.5 Å². The normalized spacial score (nSPS) is 11.4. The first kappa shape index (κ1) is 14.3. The Morgan fingerprint density at radius 1 is 1.10 bits per heavy atom. The fraction of sp³-hybridized carbons (Fsp3) is 0.267. The van der Waals surface area contributed by atoms with Gasteiger partial charge in [0.05, 0.1) is 5.52 Å². The second-order valence-corrected chi connectivity index (χ2v) is 5.85. The molecular weight excluding hydrogens is 340 g/mol. The predicted octanol–water partition coefficient (Wildman–Crippen LogP) is 4.36. The predicted molar refractivity (Wildman–Crippen MR) is 81.0 cm³/mol. The van der Waals surface area contributed by atoms with Crippen LogP contribution in [0.2, 0.25) is 0 Å². The zero-order valence-corrected chi connectivity index (χ0v) is 12.9. The van der Waals surface area contributed by atoms with Crippen molar-refractivity contribution < 1.29 is 8.78 Å². The molecule has 0 saturated heterocycles. The molecule has 0 aliphatic carbocycles. The zero-order valence-electron chi connectivity index (χ0n) is 11.3. The van der Waals surface area contributed by atoms with Crippen molar-refractivity contribution in [2.45, 2.75) is 25.9 Å². The molecule has 0 N–H and O–H groups in total. The van der Waals surface area contributed by atoms with Crippen molar-refractivity contribution in [1.29, 1.82) is 0 Å². The molecule has 0 aliphatic rings. The molecule has 0 aliphatic heterocycles. The van der Waals surface area contributed by atoms with Gasteiger partial charge in [-0.2, -0.15) is 5.10 Å². The number of benzene rings is 1. The first-order valence-corrected chi connectivity index (χ1v) is 7.55. The number of nitrogens with zero attached hydrogens (tertiary/aromatic N) is 3. The lowest BCUT2D eigenvalue weighted by Crippen LogP contribution is -2.02. The van der Waals surface area contributed by atoms with Gasteiger partial charge in [0.15, 0.2) is 0 Å². The summed E-state index contributed by atoms with van der Waals surface area (Å²) in [6, 6.07) is 4.85. The molecule has 0 fully saturated rings. The number of halogens is 3. The van der Waals surface area contributed by atoms with Crippen molar-refractivity contribution in [3.05, 3.63) is 52.9 Å². The quantitative estimate of drug-likeness (QED) is 0.625. The average Bonchev–Trinajstić information content (AvgIpc) is 3.04. The van der Waals surface area contributed by atoms with E-state index in [9.17, 15) is 8.78 Å².